The lowest BCUT2D eigenvalue weighted by molar-refractivity contribution is 0.102. The van der Waals surface area contributed by atoms with Crippen molar-refractivity contribution in [3.05, 3.63) is 34.3 Å². The van der Waals surface area contributed by atoms with Crippen LogP contribution in [-0.4, -0.2) is 32.5 Å². The minimum Gasteiger partial charge on any atom is -0.495 e. The van der Waals surface area contributed by atoms with Crippen LogP contribution in [0.4, 0.5) is 5.13 Å². The fourth-order valence-electron chi connectivity index (χ4n) is 2.72. The van der Waals surface area contributed by atoms with Gasteiger partial charge in [0.05, 0.1) is 12.8 Å². The van der Waals surface area contributed by atoms with Crippen LogP contribution in [0.25, 0.3) is 0 Å². The van der Waals surface area contributed by atoms with Crippen molar-refractivity contribution in [2.24, 2.45) is 0 Å². The Morgan fingerprint density at radius 1 is 1.29 bits per heavy atom. The van der Waals surface area contributed by atoms with Gasteiger partial charge in [0, 0.05) is 16.5 Å². The number of aryl methyl sites for hydroxylation is 2. The normalized spacial score (nSPS) is 11.6. The van der Waals surface area contributed by atoms with Crippen LogP contribution >= 0.6 is 11.3 Å². The molecule has 154 valence electrons. The molecule has 1 amide bonds. The van der Waals surface area contributed by atoms with E-state index in [0.717, 1.165) is 29.8 Å². The number of ether oxygens (including phenoxy) is 1. The molecular formula is C19H27N3O4S2. The molecule has 2 aromatic rings. The van der Waals surface area contributed by atoms with E-state index in [2.05, 4.69) is 28.9 Å². The molecule has 9 heteroatoms. The van der Waals surface area contributed by atoms with Gasteiger partial charge in [-0.2, -0.15) is 0 Å². The Bertz CT molecular complexity index is 937. The summed E-state index contributed by atoms with van der Waals surface area (Å²) in [6.07, 6.45) is 2.70. The molecule has 0 spiro atoms. The van der Waals surface area contributed by atoms with Crippen LogP contribution < -0.4 is 14.8 Å². The molecule has 1 aromatic carbocycles. The van der Waals surface area contributed by atoms with Crippen molar-refractivity contribution < 1.29 is 17.9 Å². The van der Waals surface area contributed by atoms with E-state index < -0.39 is 15.9 Å². The summed E-state index contributed by atoms with van der Waals surface area (Å²) >= 11 is 1.45. The van der Waals surface area contributed by atoms with Crippen molar-refractivity contribution in [2.45, 2.75) is 57.9 Å². The van der Waals surface area contributed by atoms with Gasteiger partial charge in [0.15, 0.2) is 5.13 Å². The maximum absolute atomic E-state index is 12.7. The maximum Gasteiger partial charge on any atom is 0.257 e. The SMILES string of the molecule is CCCc1nc(NC(=O)c2ccc(OC)c(S(=O)(=O)NC(C)C)c2)sc1CC. The molecule has 0 atom stereocenters. The number of amides is 1. The molecule has 2 rings (SSSR count). The van der Waals surface area contributed by atoms with Gasteiger partial charge in [0.25, 0.3) is 5.91 Å². The minimum absolute atomic E-state index is 0.0728. The number of rotatable bonds is 9. The van der Waals surface area contributed by atoms with Crippen molar-refractivity contribution in [2.75, 3.05) is 12.4 Å². The van der Waals surface area contributed by atoms with Crippen molar-refractivity contribution in [1.29, 1.82) is 0 Å². The lowest BCUT2D eigenvalue weighted by Gasteiger charge is -2.14. The third-order valence-corrected chi connectivity index (χ3v) is 6.75. The Hall–Kier alpha value is -1.97. The molecule has 0 aliphatic carbocycles. The van der Waals surface area contributed by atoms with Crippen LogP contribution in [0.2, 0.25) is 0 Å². The molecule has 7 nitrogen and oxygen atoms in total. The second-order valence-corrected chi connectivity index (χ2v) is 9.35. The van der Waals surface area contributed by atoms with E-state index in [-0.39, 0.29) is 22.3 Å². The van der Waals surface area contributed by atoms with E-state index >= 15 is 0 Å². The third kappa shape index (κ3) is 5.30. The summed E-state index contributed by atoms with van der Waals surface area (Å²) in [5.41, 5.74) is 1.22. The van der Waals surface area contributed by atoms with Gasteiger partial charge in [-0.15, -0.1) is 11.3 Å². The average Bonchev–Trinajstić information content (AvgIpc) is 3.01. The molecule has 0 radical (unpaired) electrons. The molecule has 1 heterocycles. The first-order valence-corrected chi connectivity index (χ1v) is 11.5. The van der Waals surface area contributed by atoms with Crippen molar-refractivity contribution >= 4 is 32.4 Å². The van der Waals surface area contributed by atoms with Crippen LogP contribution in [0.15, 0.2) is 23.1 Å². The number of thiazole rings is 1. The monoisotopic (exact) mass is 425 g/mol. The molecule has 0 fully saturated rings. The number of anilines is 1. The number of benzene rings is 1. The molecule has 0 unspecified atom stereocenters. The smallest absolute Gasteiger partial charge is 0.257 e. The number of carbonyl (C=O) groups is 1. The van der Waals surface area contributed by atoms with E-state index in [1.807, 2.05) is 0 Å². The molecule has 0 aliphatic heterocycles. The second kappa shape index (κ2) is 9.49. The van der Waals surface area contributed by atoms with Crippen LogP contribution in [0, 0.1) is 0 Å². The van der Waals surface area contributed by atoms with Gasteiger partial charge < -0.3 is 4.74 Å². The van der Waals surface area contributed by atoms with E-state index in [1.165, 1.54) is 36.6 Å². The zero-order valence-electron chi connectivity index (χ0n) is 16.8. The highest BCUT2D eigenvalue weighted by Crippen LogP contribution is 2.27. The topological polar surface area (TPSA) is 97.4 Å². The van der Waals surface area contributed by atoms with Crippen LogP contribution in [0.5, 0.6) is 5.75 Å². The standard InChI is InChI=1S/C19H27N3O4S2/c1-6-8-14-16(7-2)27-19(20-14)21-18(23)13-9-10-15(26-5)17(11-13)28(24,25)22-12(3)4/h9-12,22H,6-8H2,1-5H3,(H,20,21,23). The second-order valence-electron chi connectivity index (χ2n) is 6.59. The fourth-order valence-corrected chi connectivity index (χ4v) is 5.10. The van der Waals surface area contributed by atoms with Crippen molar-refractivity contribution in [3.63, 3.8) is 0 Å². The number of methoxy groups -OCH3 is 1. The molecule has 0 aliphatic rings. The predicted octanol–water partition coefficient (Wildman–Crippen LogP) is 3.61. The van der Waals surface area contributed by atoms with Gasteiger partial charge >= 0.3 is 0 Å². The summed E-state index contributed by atoms with van der Waals surface area (Å²) < 4.78 is 32.8. The number of aromatic nitrogens is 1. The van der Waals surface area contributed by atoms with Crippen LogP contribution in [0.1, 0.15) is 55.0 Å². The molecule has 0 saturated carbocycles. The lowest BCUT2D eigenvalue weighted by atomic mass is 10.2. The zero-order chi connectivity index (χ0) is 20.9. The summed E-state index contributed by atoms with van der Waals surface area (Å²) in [5.74, 6) is -0.236. The number of nitrogens with one attached hydrogen (secondary N) is 2. The largest absolute Gasteiger partial charge is 0.495 e. The van der Waals surface area contributed by atoms with Gasteiger partial charge in [0.1, 0.15) is 10.6 Å². The summed E-state index contributed by atoms with van der Waals surface area (Å²) in [4.78, 5) is 18.3. The predicted molar refractivity (Wildman–Crippen MR) is 112 cm³/mol. The number of nitrogens with zero attached hydrogens (tertiary/aromatic N) is 1. The van der Waals surface area contributed by atoms with E-state index in [1.54, 1.807) is 13.8 Å². The van der Waals surface area contributed by atoms with E-state index in [4.69, 9.17) is 4.74 Å². The Kier molecular flexibility index (Phi) is 7.56. The first-order valence-electron chi connectivity index (χ1n) is 9.22. The molecule has 0 bridgehead atoms. The van der Waals surface area contributed by atoms with Crippen LogP contribution in [0.3, 0.4) is 0 Å². The van der Waals surface area contributed by atoms with Gasteiger partial charge in [-0.3, -0.25) is 10.1 Å². The van der Waals surface area contributed by atoms with Crippen molar-refractivity contribution in [1.82, 2.24) is 9.71 Å². The highest BCUT2D eigenvalue weighted by atomic mass is 32.2. The molecule has 1 aromatic heterocycles. The highest BCUT2D eigenvalue weighted by Gasteiger charge is 2.23. The number of hydrogen-bond donors (Lipinski definition) is 2. The Labute approximate surface area is 170 Å². The summed E-state index contributed by atoms with van der Waals surface area (Å²) in [6.45, 7) is 7.59. The average molecular weight is 426 g/mol. The minimum atomic E-state index is -3.81. The number of sulfonamides is 1. The lowest BCUT2D eigenvalue weighted by Crippen LogP contribution is -2.30. The van der Waals surface area contributed by atoms with Crippen LogP contribution in [-0.2, 0) is 22.9 Å². The highest BCUT2D eigenvalue weighted by molar-refractivity contribution is 7.89. The number of hydrogen-bond acceptors (Lipinski definition) is 6. The van der Waals surface area contributed by atoms with Gasteiger partial charge in [0.2, 0.25) is 10.0 Å². The summed E-state index contributed by atoms with van der Waals surface area (Å²) in [7, 11) is -2.42. The maximum atomic E-state index is 12.7. The summed E-state index contributed by atoms with van der Waals surface area (Å²) in [6, 6.07) is 4.04. The Morgan fingerprint density at radius 3 is 2.57 bits per heavy atom. The quantitative estimate of drug-likeness (QED) is 0.640. The molecule has 28 heavy (non-hydrogen) atoms. The van der Waals surface area contributed by atoms with Gasteiger partial charge in [-0.1, -0.05) is 20.3 Å². The fraction of sp³-hybridized carbons (Fsp3) is 0.474. The molecule has 0 saturated heterocycles. The zero-order valence-corrected chi connectivity index (χ0v) is 18.5. The Balaban J connectivity index is 2.33. The van der Waals surface area contributed by atoms with Gasteiger partial charge in [-0.25, -0.2) is 18.1 Å². The first-order chi connectivity index (χ1) is 13.2. The third-order valence-electron chi connectivity index (χ3n) is 3.91. The number of carbonyl (C=O) groups excluding carboxylic acids is 1. The Morgan fingerprint density at radius 2 is 2.00 bits per heavy atom. The molecule has 2 N–H and O–H groups in total. The summed E-state index contributed by atoms with van der Waals surface area (Å²) in [5, 5.41) is 3.30. The van der Waals surface area contributed by atoms with Crippen molar-refractivity contribution in [3.8, 4) is 5.75 Å². The van der Waals surface area contributed by atoms with Gasteiger partial charge in [-0.05, 0) is 44.9 Å². The van der Waals surface area contributed by atoms with E-state index in [9.17, 15) is 13.2 Å². The van der Waals surface area contributed by atoms with E-state index in [0.29, 0.717) is 5.13 Å². The molecular weight excluding hydrogens is 398 g/mol. The first kappa shape index (κ1) is 22.3.